The summed E-state index contributed by atoms with van der Waals surface area (Å²) in [6.45, 7) is 5.51. The third-order valence-electron chi connectivity index (χ3n) is 5.50. The number of ether oxygens (including phenoxy) is 1. The Morgan fingerprint density at radius 1 is 1.32 bits per heavy atom. The van der Waals surface area contributed by atoms with Gasteiger partial charge in [-0.15, -0.1) is 11.8 Å². The second-order valence-corrected chi connectivity index (χ2v) is 9.52. The third-order valence-corrected chi connectivity index (χ3v) is 7.00. The average Bonchev–Trinajstić information content (AvgIpc) is 3.37. The summed E-state index contributed by atoms with van der Waals surface area (Å²) in [5.41, 5.74) is 1.77. The van der Waals surface area contributed by atoms with Crippen molar-refractivity contribution < 1.29 is 14.3 Å². The first-order chi connectivity index (χ1) is 14.9. The number of nitrogens with zero attached hydrogens (tertiary/aromatic N) is 4. The lowest BCUT2D eigenvalue weighted by molar-refractivity contribution is -0.120. The fraction of sp³-hybridized carbons (Fsp3) is 0.476. The van der Waals surface area contributed by atoms with E-state index in [1.54, 1.807) is 4.90 Å². The summed E-state index contributed by atoms with van der Waals surface area (Å²) in [5, 5.41) is 9.25. The van der Waals surface area contributed by atoms with Crippen LogP contribution in [0.15, 0.2) is 39.8 Å². The molecule has 8 nitrogen and oxygen atoms in total. The fourth-order valence-corrected chi connectivity index (χ4v) is 5.00. The molecule has 4 rings (SSSR count). The number of anilines is 1. The zero-order valence-corrected chi connectivity index (χ0v) is 19.2. The molecule has 1 saturated heterocycles. The van der Waals surface area contributed by atoms with Crippen LogP contribution in [0.4, 0.5) is 10.5 Å². The number of rotatable bonds is 6. The van der Waals surface area contributed by atoms with Gasteiger partial charge in [-0.25, -0.2) is 4.79 Å². The highest BCUT2D eigenvalue weighted by Crippen LogP contribution is 2.34. The van der Waals surface area contributed by atoms with Gasteiger partial charge in [0.05, 0.1) is 29.2 Å². The molecule has 0 radical (unpaired) electrons. The molecule has 1 unspecified atom stereocenters. The van der Waals surface area contributed by atoms with Crippen molar-refractivity contribution in [3.63, 3.8) is 0 Å². The van der Waals surface area contributed by atoms with Crippen LogP contribution in [0.3, 0.4) is 0 Å². The van der Waals surface area contributed by atoms with E-state index in [1.165, 1.54) is 11.8 Å². The molecule has 1 aromatic carbocycles. The number of benzene rings is 1. The number of nitrogens with one attached hydrogen (secondary N) is 1. The van der Waals surface area contributed by atoms with Gasteiger partial charge in [0.1, 0.15) is 6.10 Å². The summed E-state index contributed by atoms with van der Waals surface area (Å²) in [7, 11) is 1.97. The van der Waals surface area contributed by atoms with Gasteiger partial charge in [0.15, 0.2) is 5.84 Å². The summed E-state index contributed by atoms with van der Waals surface area (Å²) in [5.74, 6) is 0.848. The molecule has 166 valence electrons. The first kappa shape index (κ1) is 21.8. The number of likely N-dealkylation sites (N-methyl/N-ethyl adjacent to an activating group) is 2. The predicted molar refractivity (Wildman–Crippen MR) is 123 cm³/mol. The largest absolute Gasteiger partial charge is 0.442 e. The highest BCUT2D eigenvalue weighted by molar-refractivity contribution is 8.06. The summed E-state index contributed by atoms with van der Waals surface area (Å²) in [6.07, 6.45) is 1.66. The molecule has 31 heavy (non-hydrogen) atoms. The number of cyclic esters (lactones) is 1. The molecule has 2 amide bonds. The fourth-order valence-electron chi connectivity index (χ4n) is 3.74. The van der Waals surface area contributed by atoms with E-state index in [9.17, 15) is 9.59 Å². The molecule has 0 spiro atoms. The molecule has 0 bridgehead atoms. The lowest BCUT2D eigenvalue weighted by Gasteiger charge is -2.32. The predicted octanol–water partition coefficient (Wildman–Crippen LogP) is 2.64. The Morgan fingerprint density at radius 2 is 2.10 bits per heavy atom. The lowest BCUT2D eigenvalue weighted by Crippen LogP contribution is -2.42. The molecule has 0 aliphatic carbocycles. The first-order valence-corrected chi connectivity index (χ1v) is 11.6. The van der Waals surface area contributed by atoms with Crippen LogP contribution in [0.25, 0.3) is 0 Å². The summed E-state index contributed by atoms with van der Waals surface area (Å²) in [4.78, 5) is 28.5. The van der Waals surface area contributed by atoms with Gasteiger partial charge in [-0.3, -0.25) is 14.7 Å². The van der Waals surface area contributed by atoms with Crippen LogP contribution in [0.2, 0.25) is 0 Å². The zero-order chi connectivity index (χ0) is 22.0. The van der Waals surface area contributed by atoms with E-state index in [-0.39, 0.29) is 17.7 Å². The minimum atomic E-state index is -0.406. The summed E-state index contributed by atoms with van der Waals surface area (Å²) >= 11 is 7.27. The van der Waals surface area contributed by atoms with Gasteiger partial charge in [0, 0.05) is 31.4 Å². The maximum Gasteiger partial charge on any atom is 0.414 e. The molecule has 0 aromatic heterocycles. The van der Waals surface area contributed by atoms with Crippen molar-refractivity contribution in [3.8, 4) is 0 Å². The van der Waals surface area contributed by atoms with Gasteiger partial charge in [0.25, 0.3) is 0 Å². The minimum absolute atomic E-state index is 0.0885. The molecular weight excluding hydrogens is 438 g/mol. The second kappa shape index (κ2) is 9.40. The maximum atomic E-state index is 12.4. The van der Waals surface area contributed by atoms with Gasteiger partial charge in [0.2, 0.25) is 5.91 Å². The van der Waals surface area contributed by atoms with E-state index in [0.717, 1.165) is 36.7 Å². The molecule has 0 saturated carbocycles. The molecule has 1 N–H and O–H groups in total. The first-order valence-electron chi connectivity index (χ1n) is 10.4. The molecule has 1 fully saturated rings. The monoisotopic (exact) mass is 463 g/mol. The average molecular weight is 464 g/mol. The van der Waals surface area contributed by atoms with Gasteiger partial charge >= 0.3 is 6.09 Å². The van der Waals surface area contributed by atoms with Crippen LogP contribution >= 0.6 is 23.4 Å². The Kier molecular flexibility index (Phi) is 6.62. The number of amidine groups is 1. The molecule has 2 atom stereocenters. The number of carbonyl (C=O) groups is 2. The van der Waals surface area contributed by atoms with Crippen molar-refractivity contribution in [2.24, 2.45) is 5.10 Å². The molecule has 1 aromatic rings. The SMILES string of the molecule is CCN1CCN(C)N=C1c1ccc(N2C[C@H](CNC(=O)C3CC=C(Cl)S3)OC2=O)cc1. The quantitative estimate of drug-likeness (QED) is 0.698. The number of hydrogen-bond donors (Lipinski definition) is 1. The zero-order valence-electron chi connectivity index (χ0n) is 17.6. The van der Waals surface area contributed by atoms with Gasteiger partial charge in [-0.2, -0.15) is 5.10 Å². The number of hydrogen-bond acceptors (Lipinski definition) is 7. The van der Waals surface area contributed by atoms with Gasteiger partial charge in [-0.05, 0) is 37.6 Å². The smallest absolute Gasteiger partial charge is 0.414 e. The van der Waals surface area contributed by atoms with E-state index in [4.69, 9.17) is 16.3 Å². The van der Waals surface area contributed by atoms with Crippen molar-refractivity contribution in [3.05, 3.63) is 40.3 Å². The Bertz CT molecular complexity index is 907. The minimum Gasteiger partial charge on any atom is -0.442 e. The Balaban J connectivity index is 1.35. The third kappa shape index (κ3) is 4.93. The number of carbonyl (C=O) groups excluding carboxylic acids is 2. The number of thioether (sulfide) groups is 1. The molecular formula is C21H26ClN5O3S. The van der Waals surface area contributed by atoms with Crippen molar-refractivity contribution >= 4 is 46.9 Å². The van der Waals surface area contributed by atoms with Crippen LogP contribution in [0, 0.1) is 0 Å². The molecule has 10 heteroatoms. The van der Waals surface area contributed by atoms with Crippen molar-refractivity contribution in [2.75, 3.05) is 44.7 Å². The lowest BCUT2D eigenvalue weighted by atomic mass is 10.1. The van der Waals surface area contributed by atoms with Crippen LogP contribution in [0.5, 0.6) is 0 Å². The second-order valence-electron chi connectivity index (χ2n) is 7.64. The Labute approximate surface area is 191 Å². The molecule has 3 heterocycles. The van der Waals surface area contributed by atoms with Gasteiger partial charge < -0.3 is 15.0 Å². The van der Waals surface area contributed by atoms with Crippen molar-refractivity contribution in [1.29, 1.82) is 0 Å². The van der Waals surface area contributed by atoms with Crippen LogP contribution in [0.1, 0.15) is 18.9 Å². The van der Waals surface area contributed by atoms with E-state index in [2.05, 4.69) is 22.2 Å². The summed E-state index contributed by atoms with van der Waals surface area (Å²) in [6, 6.07) is 7.77. The number of amides is 2. The topological polar surface area (TPSA) is 77.5 Å². The molecule has 3 aliphatic rings. The van der Waals surface area contributed by atoms with Crippen molar-refractivity contribution in [2.45, 2.75) is 24.7 Å². The van der Waals surface area contributed by atoms with Gasteiger partial charge in [-0.1, -0.05) is 17.7 Å². The normalized spacial score (nSPS) is 23.6. The Morgan fingerprint density at radius 3 is 2.77 bits per heavy atom. The van der Waals surface area contributed by atoms with E-state index in [0.29, 0.717) is 17.3 Å². The number of allylic oxidation sites excluding steroid dienone is 1. The standard InChI is InChI=1S/C21H26ClN5O3S/c1-3-26-11-10-25(2)24-19(26)14-4-6-15(7-5-14)27-13-16(30-21(27)29)12-23-20(28)17-8-9-18(22)31-17/h4-7,9,16-17H,3,8,10-13H2,1-2H3,(H,23,28)/t16-,17?/m0/s1. The van der Waals surface area contributed by atoms with E-state index >= 15 is 0 Å². The Hall–Kier alpha value is -2.39. The highest BCUT2D eigenvalue weighted by Gasteiger charge is 2.33. The van der Waals surface area contributed by atoms with Crippen LogP contribution in [-0.4, -0.2) is 78.9 Å². The van der Waals surface area contributed by atoms with Crippen molar-refractivity contribution in [1.82, 2.24) is 15.2 Å². The van der Waals surface area contributed by atoms with E-state index in [1.807, 2.05) is 42.4 Å². The van der Waals surface area contributed by atoms with E-state index < -0.39 is 12.2 Å². The maximum absolute atomic E-state index is 12.4. The summed E-state index contributed by atoms with van der Waals surface area (Å²) < 4.78 is 6.09. The number of halogens is 1. The number of hydrazone groups is 1. The molecule has 3 aliphatic heterocycles. The van der Waals surface area contributed by atoms with Crippen LogP contribution < -0.4 is 10.2 Å². The van der Waals surface area contributed by atoms with Crippen LogP contribution in [-0.2, 0) is 9.53 Å². The highest BCUT2D eigenvalue weighted by atomic mass is 35.5.